The number of pyridine rings is 1. The van der Waals surface area contributed by atoms with E-state index in [0.29, 0.717) is 0 Å². The molecule has 4 nitrogen and oxygen atoms in total. The predicted octanol–water partition coefficient (Wildman–Crippen LogP) is 2.03. The van der Waals surface area contributed by atoms with Gasteiger partial charge in [0.15, 0.2) is 0 Å². The maximum absolute atomic E-state index is 11.5. The van der Waals surface area contributed by atoms with Crippen LogP contribution in [-0.4, -0.2) is 14.7 Å². The summed E-state index contributed by atoms with van der Waals surface area (Å²) in [5.74, 6) is 0.230. The van der Waals surface area contributed by atoms with E-state index in [2.05, 4.69) is 4.98 Å². The molecule has 86 valence electrons. The van der Waals surface area contributed by atoms with Crippen LogP contribution in [0.15, 0.2) is 29.1 Å². The van der Waals surface area contributed by atoms with E-state index in [0.717, 1.165) is 27.5 Å². The zero-order chi connectivity index (χ0) is 12.2. The molecule has 3 rings (SSSR count). The molecular formula is C13H12N2O2. The quantitative estimate of drug-likeness (QED) is 0.618. The molecule has 0 atom stereocenters. The monoisotopic (exact) mass is 228 g/mol. The van der Waals surface area contributed by atoms with Crippen molar-refractivity contribution in [2.45, 2.75) is 6.92 Å². The van der Waals surface area contributed by atoms with Crippen LogP contribution in [-0.2, 0) is 7.05 Å². The molecule has 3 aromatic rings. The first kappa shape index (κ1) is 9.96. The summed E-state index contributed by atoms with van der Waals surface area (Å²) in [5, 5.41) is 11.7. The molecule has 0 saturated heterocycles. The van der Waals surface area contributed by atoms with Crippen LogP contribution >= 0.6 is 0 Å². The number of fused-ring (bicyclic) bond motifs is 3. The van der Waals surface area contributed by atoms with Crippen LogP contribution in [0.5, 0.6) is 5.75 Å². The van der Waals surface area contributed by atoms with E-state index < -0.39 is 0 Å². The molecule has 0 radical (unpaired) electrons. The summed E-state index contributed by atoms with van der Waals surface area (Å²) >= 11 is 0. The average molecular weight is 228 g/mol. The molecule has 17 heavy (non-hydrogen) atoms. The molecule has 0 amide bonds. The van der Waals surface area contributed by atoms with Crippen LogP contribution in [0, 0.1) is 6.92 Å². The first-order valence-corrected chi connectivity index (χ1v) is 5.39. The third-order valence-electron chi connectivity index (χ3n) is 3.17. The number of hydrogen-bond acceptors (Lipinski definition) is 2. The number of rotatable bonds is 0. The Balaban J connectivity index is 2.73. The van der Waals surface area contributed by atoms with Gasteiger partial charge in [0.25, 0.3) is 0 Å². The van der Waals surface area contributed by atoms with E-state index in [4.69, 9.17) is 0 Å². The lowest BCUT2D eigenvalue weighted by molar-refractivity contribution is 0.479. The summed E-state index contributed by atoms with van der Waals surface area (Å²) in [5.41, 5.74) is 2.39. The van der Waals surface area contributed by atoms with Crippen molar-refractivity contribution in [1.82, 2.24) is 9.55 Å². The summed E-state index contributed by atoms with van der Waals surface area (Å²) in [6.07, 6.45) is 0. The third kappa shape index (κ3) is 1.21. The fourth-order valence-corrected chi connectivity index (χ4v) is 2.53. The van der Waals surface area contributed by atoms with Crippen LogP contribution in [0.1, 0.15) is 5.69 Å². The van der Waals surface area contributed by atoms with Gasteiger partial charge >= 0.3 is 0 Å². The van der Waals surface area contributed by atoms with Gasteiger partial charge in [0.2, 0.25) is 5.56 Å². The zero-order valence-electron chi connectivity index (χ0n) is 9.61. The molecule has 4 heteroatoms. The molecule has 0 aliphatic heterocycles. The lowest BCUT2D eigenvalue weighted by Crippen LogP contribution is -2.06. The minimum absolute atomic E-state index is 0.120. The van der Waals surface area contributed by atoms with Crippen LogP contribution in [0.3, 0.4) is 0 Å². The molecule has 0 aliphatic carbocycles. The SMILES string of the molecule is Cc1[nH]c(=O)cc2c3cccc(O)c3n(C)c12. The van der Waals surface area contributed by atoms with Crippen molar-refractivity contribution in [2.75, 3.05) is 0 Å². The van der Waals surface area contributed by atoms with E-state index in [9.17, 15) is 9.90 Å². The number of aromatic hydroxyl groups is 1. The number of phenols is 1. The second-order valence-corrected chi connectivity index (χ2v) is 4.25. The highest BCUT2D eigenvalue weighted by Crippen LogP contribution is 2.33. The van der Waals surface area contributed by atoms with Crippen LogP contribution in [0.25, 0.3) is 21.8 Å². The number of H-pyrrole nitrogens is 1. The van der Waals surface area contributed by atoms with E-state index in [1.807, 2.05) is 24.6 Å². The van der Waals surface area contributed by atoms with Gasteiger partial charge in [-0.15, -0.1) is 0 Å². The highest BCUT2D eigenvalue weighted by Gasteiger charge is 2.13. The first-order valence-electron chi connectivity index (χ1n) is 5.39. The van der Waals surface area contributed by atoms with Crippen LogP contribution in [0.2, 0.25) is 0 Å². The van der Waals surface area contributed by atoms with Gasteiger partial charge in [0.1, 0.15) is 5.75 Å². The fourth-order valence-electron chi connectivity index (χ4n) is 2.53. The molecule has 0 bridgehead atoms. The topological polar surface area (TPSA) is 58.0 Å². The van der Waals surface area contributed by atoms with Gasteiger partial charge in [0.05, 0.1) is 11.0 Å². The second-order valence-electron chi connectivity index (χ2n) is 4.25. The fraction of sp³-hybridized carbons (Fsp3) is 0.154. The average Bonchev–Trinajstić information content (AvgIpc) is 2.54. The molecule has 0 spiro atoms. The first-order chi connectivity index (χ1) is 8.09. The summed E-state index contributed by atoms with van der Waals surface area (Å²) in [6.45, 7) is 1.86. The summed E-state index contributed by atoms with van der Waals surface area (Å²) in [7, 11) is 1.88. The largest absolute Gasteiger partial charge is 0.506 e. The van der Waals surface area contributed by atoms with Gasteiger partial charge in [-0.1, -0.05) is 12.1 Å². The van der Waals surface area contributed by atoms with Crippen LogP contribution < -0.4 is 5.56 Å². The Hall–Kier alpha value is -2.23. The van der Waals surface area contributed by atoms with E-state index in [1.54, 1.807) is 18.2 Å². The van der Waals surface area contributed by atoms with Crippen molar-refractivity contribution in [3.63, 3.8) is 0 Å². The highest BCUT2D eigenvalue weighted by atomic mass is 16.3. The molecule has 0 unspecified atom stereocenters. The van der Waals surface area contributed by atoms with Gasteiger partial charge in [0, 0.05) is 29.6 Å². The molecule has 0 aliphatic rings. The van der Waals surface area contributed by atoms with Crippen molar-refractivity contribution in [3.8, 4) is 5.75 Å². The number of hydrogen-bond donors (Lipinski definition) is 2. The lowest BCUT2D eigenvalue weighted by Gasteiger charge is -2.01. The van der Waals surface area contributed by atoms with Gasteiger partial charge in [-0.25, -0.2) is 0 Å². The molecule has 2 heterocycles. The second kappa shape index (κ2) is 3.13. The number of phenolic OH excluding ortho intramolecular Hbond substituents is 1. The molecule has 1 aromatic carbocycles. The number of aryl methyl sites for hydroxylation is 2. The standard InChI is InChI=1S/C13H12N2O2/c1-7-12-9(6-11(17)14-7)8-4-3-5-10(16)13(8)15(12)2/h3-6,16H,1-2H3,(H,14,17). The van der Waals surface area contributed by atoms with E-state index in [-0.39, 0.29) is 11.3 Å². The van der Waals surface area contributed by atoms with Crippen molar-refractivity contribution >= 4 is 21.8 Å². The summed E-state index contributed by atoms with van der Waals surface area (Å²) in [6, 6.07) is 6.92. The minimum Gasteiger partial charge on any atom is -0.506 e. The van der Waals surface area contributed by atoms with Gasteiger partial charge in [-0.2, -0.15) is 0 Å². The minimum atomic E-state index is -0.120. The third-order valence-corrected chi connectivity index (χ3v) is 3.17. The number of aromatic amines is 1. The van der Waals surface area contributed by atoms with Crippen molar-refractivity contribution in [3.05, 3.63) is 40.3 Å². The van der Waals surface area contributed by atoms with Gasteiger partial charge in [-0.3, -0.25) is 4.79 Å². The molecular weight excluding hydrogens is 216 g/mol. The van der Waals surface area contributed by atoms with Crippen molar-refractivity contribution in [2.24, 2.45) is 7.05 Å². The Morgan fingerprint density at radius 1 is 1.24 bits per heavy atom. The smallest absolute Gasteiger partial charge is 0.248 e. The predicted molar refractivity (Wildman–Crippen MR) is 67.4 cm³/mol. The lowest BCUT2D eigenvalue weighted by atomic mass is 10.1. The van der Waals surface area contributed by atoms with E-state index >= 15 is 0 Å². The number of nitrogens with zero attached hydrogens (tertiary/aromatic N) is 1. The van der Waals surface area contributed by atoms with Crippen molar-refractivity contribution in [1.29, 1.82) is 0 Å². The van der Waals surface area contributed by atoms with Crippen molar-refractivity contribution < 1.29 is 5.11 Å². The molecule has 2 N–H and O–H groups in total. The summed E-state index contributed by atoms with van der Waals surface area (Å²) < 4.78 is 1.91. The maximum atomic E-state index is 11.5. The number of nitrogens with one attached hydrogen (secondary N) is 1. The van der Waals surface area contributed by atoms with E-state index in [1.165, 1.54) is 0 Å². The number of benzene rings is 1. The normalized spacial score (nSPS) is 11.4. The Labute approximate surface area is 97.1 Å². The Morgan fingerprint density at radius 2 is 2.00 bits per heavy atom. The Kier molecular flexibility index (Phi) is 1.84. The molecule has 0 saturated carbocycles. The number of aromatic nitrogens is 2. The summed E-state index contributed by atoms with van der Waals surface area (Å²) in [4.78, 5) is 14.3. The zero-order valence-corrected chi connectivity index (χ0v) is 9.61. The molecule has 0 fully saturated rings. The Bertz CT molecular complexity index is 796. The van der Waals surface area contributed by atoms with Gasteiger partial charge in [-0.05, 0) is 13.0 Å². The Morgan fingerprint density at radius 3 is 2.76 bits per heavy atom. The van der Waals surface area contributed by atoms with Gasteiger partial charge < -0.3 is 14.7 Å². The number of para-hydroxylation sites is 1. The molecule has 2 aromatic heterocycles. The van der Waals surface area contributed by atoms with Crippen LogP contribution in [0.4, 0.5) is 0 Å². The maximum Gasteiger partial charge on any atom is 0.248 e. The highest BCUT2D eigenvalue weighted by molar-refractivity contribution is 6.10.